The van der Waals surface area contributed by atoms with Gasteiger partial charge in [0.1, 0.15) is 6.10 Å². The molecule has 2 atom stereocenters. The minimum atomic E-state index is -1.87. The van der Waals surface area contributed by atoms with Crippen molar-refractivity contribution in [2.75, 3.05) is 19.7 Å². The lowest BCUT2D eigenvalue weighted by atomic mass is 10.0. The maximum absolute atomic E-state index is 12.7. The summed E-state index contributed by atoms with van der Waals surface area (Å²) in [5, 5.41) is 39.8. The van der Waals surface area contributed by atoms with Crippen LogP contribution in [0.5, 0.6) is 0 Å². The number of carbonyl (C=O) groups excluding carboxylic acids is 2. The molecule has 4 N–H and O–H groups in total. The van der Waals surface area contributed by atoms with Crippen LogP contribution in [0.15, 0.2) is 0 Å². The fourth-order valence-electron chi connectivity index (χ4n) is 6.94. The van der Waals surface area contributed by atoms with E-state index in [0.29, 0.717) is 39.0 Å². The number of aliphatic hydroxyl groups is 4. The number of carbonyl (C=O) groups is 2. The maximum atomic E-state index is 12.7. The average molecular weight is 758 g/mol. The van der Waals surface area contributed by atoms with Crippen molar-refractivity contribution in [2.24, 2.45) is 0 Å². The van der Waals surface area contributed by atoms with Crippen LogP contribution < -0.4 is 0 Å². The first kappa shape index (κ1) is 51.7. The Labute approximate surface area is 326 Å². The zero-order chi connectivity index (χ0) is 39.2. The van der Waals surface area contributed by atoms with E-state index in [-0.39, 0.29) is 18.5 Å². The molecule has 0 fully saturated rings. The Balaban J connectivity index is 4.26. The Bertz CT molecular complexity index is 781. The summed E-state index contributed by atoms with van der Waals surface area (Å²) in [5.74, 6) is -0.656. The first-order valence-electron chi connectivity index (χ1n) is 22.6. The number of rotatable bonds is 41. The van der Waals surface area contributed by atoms with Crippen LogP contribution in [-0.4, -0.2) is 81.7 Å². The van der Waals surface area contributed by atoms with E-state index in [9.17, 15) is 30.0 Å². The second-order valence-electron chi connectivity index (χ2n) is 15.6. The van der Waals surface area contributed by atoms with Crippen molar-refractivity contribution < 1.29 is 39.5 Å². The van der Waals surface area contributed by atoms with Gasteiger partial charge in [-0.25, -0.2) is 4.79 Å². The van der Waals surface area contributed by atoms with Gasteiger partial charge in [-0.05, 0) is 64.2 Å². The number of unbranched alkanes of at least 4 members (excludes halogenated alkanes) is 23. The van der Waals surface area contributed by atoms with Crippen LogP contribution >= 0.6 is 0 Å². The van der Waals surface area contributed by atoms with Gasteiger partial charge in [0, 0.05) is 19.5 Å². The standard InChI is InChI=1S/C44H87NO8/c1-4-7-10-13-16-17-18-24-31-38-52-44(51)40(46)34-28-30-37-45(42(48)43(49)50)36-29-23-19-22-27-35-41(47)53-39(32-25-20-14-11-8-5-2)33-26-21-15-12-9-6-3/h39-40,42-43,46,48-50H,4-38H2,1-3H3. The molecule has 0 saturated carbocycles. The first-order chi connectivity index (χ1) is 25.8. The summed E-state index contributed by atoms with van der Waals surface area (Å²) in [5.41, 5.74) is 0. The Morgan fingerprint density at radius 3 is 1.38 bits per heavy atom. The third-order valence-corrected chi connectivity index (χ3v) is 10.5. The highest BCUT2D eigenvalue weighted by atomic mass is 16.5. The van der Waals surface area contributed by atoms with Crippen molar-refractivity contribution in [2.45, 2.75) is 251 Å². The number of nitrogens with zero attached hydrogens (tertiary/aromatic N) is 1. The smallest absolute Gasteiger partial charge is 0.334 e. The molecule has 0 radical (unpaired) electrons. The molecule has 0 bridgehead atoms. The van der Waals surface area contributed by atoms with Crippen molar-refractivity contribution in [3.8, 4) is 0 Å². The van der Waals surface area contributed by atoms with E-state index in [2.05, 4.69) is 20.8 Å². The highest BCUT2D eigenvalue weighted by molar-refractivity contribution is 5.74. The van der Waals surface area contributed by atoms with E-state index < -0.39 is 24.6 Å². The van der Waals surface area contributed by atoms with Gasteiger partial charge < -0.3 is 29.9 Å². The second-order valence-corrected chi connectivity index (χ2v) is 15.6. The van der Waals surface area contributed by atoms with Gasteiger partial charge in [-0.15, -0.1) is 0 Å². The second kappa shape index (κ2) is 39.0. The van der Waals surface area contributed by atoms with Gasteiger partial charge in [0.2, 0.25) is 0 Å². The Morgan fingerprint density at radius 1 is 0.491 bits per heavy atom. The fraction of sp³-hybridized carbons (Fsp3) is 0.955. The van der Waals surface area contributed by atoms with Crippen LogP contribution in [0.1, 0.15) is 226 Å². The maximum Gasteiger partial charge on any atom is 0.334 e. The Hall–Kier alpha value is -1.26. The van der Waals surface area contributed by atoms with Gasteiger partial charge >= 0.3 is 11.9 Å². The van der Waals surface area contributed by atoms with Gasteiger partial charge in [-0.3, -0.25) is 9.69 Å². The van der Waals surface area contributed by atoms with E-state index in [0.717, 1.165) is 77.0 Å². The Morgan fingerprint density at radius 2 is 0.887 bits per heavy atom. The van der Waals surface area contributed by atoms with E-state index in [1.54, 1.807) is 4.90 Å². The van der Waals surface area contributed by atoms with Crippen LogP contribution in [0, 0.1) is 0 Å². The molecule has 0 heterocycles. The molecule has 9 nitrogen and oxygen atoms in total. The Kier molecular flexibility index (Phi) is 38.1. The summed E-state index contributed by atoms with van der Waals surface area (Å²) < 4.78 is 11.2. The fourth-order valence-corrected chi connectivity index (χ4v) is 6.94. The van der Waals surface area contributed by atoms with Crippen molar-refractivity contribution in [3.63, 3.8) is 0 Å². The van der Waals surface area contributed by atoms with Gasteiger partial charge in [-0.1, -0.05) is 156 Å². The predicted molar refractivity (Wildman–Crippen MR) is 217 cm³/mol. The van der Waals surface area contributed by atoms with Crippen molar-refractivity contribution in [1.82, 2.24) is 4.90 Å². The molecule has 0 aliphatic carbocycles. The van der Waals surface area contributed by atoms with Crippen LogP contribution in [0.3, 0.4) is 0 Å². The lowest BCUT2D eigenvalue weighted by Gasteiger charge is -2.29. The molecule has 0 aromatic carbocycles. The number of aliphatic hydroxyl groups excluding tert-OH is 3. The van der Waals surface area contributed by atoms with Crippen LogP contribution in [0.4, 0.5) is 0 Å². The summed E-state index contributed by atoms with van der Waals surface area (Å²) in [6, 6.07) is 0. The van der Waals surface area contributed by atoms with Gasteiger partial charge in [-0.2, -0.15) is 0 Å². The zero-order valence-electron chi connectivity index (χ0n) is 34.9. The molecule has 2 unspecified atom stereocenters. The number of hydrogen-bond acceptors (Lipinski definition) is 9. The molecule has 53 heavy (non-hydrogen) atoms. The van der Waals surface area contributed by atoms with Crippen molar-refractivity contribution >= 4 is 11.9 Å². The molecule has 0 aromatic rings. The monoisotopic (exact) mass is 758 g/mol. The quantitative estimate of drug-likeness (QED) is 0.0273. The average Bonchev–Trinajstić information content (AvgIpc) is 3.14. The first-order valence-corrected chi connectivity index (χ1v) is 22.6. The van der Waals surface area contributed by atoms with E-state index in [1.807, 2.05) is 0 Å². The zero-order valence-corrected chi connectivity index (χ0v) is 34.9. The predicted octanol–water partition coefficient (Wildman–Crippen LogP) is 10.3. The molecule has 316 valence electrons. The van der Waals surface area contributed by atoms with Crippen LogP contribution in [0.25, 0.3) is 0 Å². The number of hydrogen-bond donors (Lipinski definition) is 4. The number of esters is 2. The molecular weight excluding hydrogens is 670 g/mol. The molecule has 0 spiro atoms. The van der Waals surface area contributed by atoms with Gasteiger partial charge in [0.15, 0.2) is 18.6 Å². The molecule has 0 rings (SSSR count). The summed E-state index contributed by atoms with van der Waals surface area (Å²) in [4.78, 5) is 26.5. The lowest BCUT2D eigenvalue weighted by Crippen LogP contribution is -2.44. The minimum Gasteiger partial charge on any atom is -0.464 e. The normalized spacial score (nSPS) is 12.9. The molecule has 0 aliphatic heterocycles. The van der Waals surface area contributed by atoms with Crippen LogP contribution in [0.2, 0.25) is 0 Å². The molecular formula is C44H87NO8. The number of ether oxygens (including phenoxy) is 2. The summed E-state index contributed by atoms with van der Waals surface area (Å²) >= 11 is 0. The largest absolute Gasteiger partial charge is 0.464 e. The third kappa shape index (κ3) is 33.8. The van der Waals surface area contributed by atoms with E-state index in [4.69, 9.17) is 9.47 Å². The molecule has 0 amide bonds. The molecule has 0 saturated heterocycles. The highest BCUT2D eigenvalue weighted by Gasteiger charge is 2.22. The van der Waals surface area contributed by atoms with Gasteiger partial charge in [0.25, 0.3) is 0 Å². The van der Waals surface area contributed by atoms with Crippen LogP contribution in [-0.2, 0) is 19.1 Å². The third-order valence-electron chi connectivity index (χ3n) is 10.5. The molecule has 0 aliphatic rings. The van der Waals surface area contributed by atoms with Crippen molar-refractivity contribution in [3.05, 3.63) is 0 Å². The van der Waals surface area contributed by atoms with Crippen molar-refractivity contribution in [1.29, 1.82) is 0 Å². The van der Waals surface area contributed by atoms with Gasteiger partial charge in [0.05, 0.1) is 6.61 Å². The minimum absolute atomic E-state index is 0.0468. The topological polar surface area (TPSA) is 137 Å². The molecule has 0 aromatic heterocycles. The summed E-state index contributed by atoms with van der Waals surface area (Å²) in [7, 11) is 0. The highest BCUT2D eigenvalue weighted by Crippen LogP contribution is 2.19. The lowest BCUT2D eigenvalue weighted by molar-refractivity contribution is -0.179. The van der Waals surface area contributed by atoms with E-state index in [1.165, 1.54) is 103 Å². The van der Waals surface area contributed by atoms with E-state index >= 15 is 0 Å². The SMILES string of the molecule is CCCCCCCCCCCOC(=O)C(O)CCCCN(CCCCCCCC(=O)OC(CCCCCCCC)CCCCCCCC)C(O)C(O)O. The summed E-state index contributed by atoms with van der Waals surface area (Å²) in [6.45, 7) is 7.95. The summed E-state index contributed by atoms with van der Waals surface area (Å²) in [6.07, 6.45) is 29.4. The molecule has 9 heteroatoms.